The highest BCUT2D eigenvalue weighted by Gasteiger charge is 2.09. The first kappa shape index (κ1) is 13.5. The maximum Gasteiger partial charge on any atom is 0.146 e. The standard InChI is InChI=1S/C12H19N3O2/c1-9-4-5-11(17-3)10(8-9)12(15-13)14-6-7-16-2/h4-5,8H,6-7,13H2,1-3H3,(H,14,15). The lowest BCUT2D eigenvalue weighted by Crippen LogP contribution is -2.32. The van der Waals surface area contributed by atoms with Crippen molar-refractivity contribution in [3.05, 3.63) is 29.3 Å². The van der Waals surface area contributed by atoms with Gasteiger partial charge in [0.2, 0.25) is 0 Å². The fourth-order valence-corrected chi connectivity index (χ4v) is 1.46. The number of nitrogens with two attached hydrogens (primary N) is 1. The average molecular weight is 237 g/mol. The highest BCUT2D eigenvalue weighted by atomic mass is 16.5. The van der Waals surface area contributed by atoms with E-state index in [-0.39, 0.29) is 0 Å². The molecule has 0 unspecified atom stereocenters. The molecule has 0 bridgehead atoms. The fourth-order valence-electron chi connectivity index (χ4n) is 1.46. The van der Waals surface area contributed by atoms with E-state index in [2.05, 4.69) is 10.4 Å². The zero-order chi connectivity index (χ0) is 12.7. The summed E-state index contributed by atoms with van der Waals surface area (Å²) in [4.78, 5) is 4.33. The summed E-state index contributed by atoms with van der Waals surface area (Å²) in [5.41, 5.74) is 4.57. The smallest absolute Gasteiger partial charge is 0.146 e. The van der Waals surface area contributed by atoms with Gasteiger partial charge in [-0.05, 0) is 19.1 Å². The number of hydrogen-bond acceptors (Lipinski definition) is 4. The van der Waals surface area contributed by atoms with Crippen molar-refractivity contribution in [3.8, 4) is 5.75 Å². The Bertz CT molecular complexity index is 391. The summed E-state index contributed by atoms with van der Waals surface area (Å²) in [5.74, 6) is 6.82. The first-order valence-corrected chi connectivity index (χ1v) is 5.38. The molecule has 5 heteroatoms. The van der Waals surface area contributed by atoms with Gasteiger partial charge >= 0.3 is 0 Å². The van der Waals surface area contributed by atoms with Crippen molar-refractivity contribution in [1.82, 2.24) is 5.43 Å². The van der Waals surface area contributed by atoms with Gasteiger partial charge in [0.15, 0.2) is 0 Å². The third kappa shape index (κ3) is 3.72. The monoisotopic (exact) mass is 237 g/mol. The zero-order valence-corrected chi connectivity index (χ0v) is 10.5. The van der Waals surface area contributed by atoms with Crippen LogP contribution in [-0.2, 0) is 4.74 Å². The molecule has 0 radical (unpaired) electrons. The molecule has 0 atom stereocenters. The first-order valence-electron chi connectivity index (χ1n) is 5.38. The first-order chi connectivity index (χ1) is 8.22. The minimum absolute atomic E-state index is 0.549. The van der Waals surface area contributed by atoms with E-state index in [1.54, 1.807) is 14.2 Å². The number of rotatable bonds is 5. The minimum Gasteiger partial charge on any atom is -0.496 e. The van der Waals surface area contributed by atoms with Crippen LogP contribution in [0.3, 0.4) is 0 Å². The summed E-state index contributed by atoms with van der Waals surface area (Å²) in [6, 6.07) is 5.85. The van der Waals surface area contributed by atoms with Crippen molar-refractivity contribution in [1.29, 1.82) is 0 Å². The van der Waals surface area contributed by atoms with Gasteiger partial charge in [0.25, 0.3) is 0 Å². The number of amidine groups is 1. The number of methoxy groups -OCH3 is 2. The van der Waals surface area contributed by atoms with E-state index in [0.717, 1.165) is 16.9 Å². The van der Waals surface area contributed by atoms with Crippen LogP contribution in [0.2, 0.25) is 0 Å². The third-order valence-electron chi connectivity index (χ3n) is 2.31. The Morgan fingerprint density at radius 3 is 2.76 bits per heavy atom. The maximum absolute atomic E-state index is 5.48. The lowest BCUT2D eigenvalue weighted by molar-refractivity contribution is 0.208. The molecule has 0 aliphatic rings. The summed E-state index contributed by atoms with van der Waals surface area (Å²) < 4.78 is 10.2. The summed E-state index contributed by atoms with van der Waals surface area (Å²) in [6.07, 6.45) is 0. The van der Waals surface area contributed by atoms with Crippen LogP contribution in [-0.4, -0.2) is 33.2 Å². The molecule has 0 aromatic heterocycles. The average Bonchev–Trinajstić information content (AvgIpc) is 2.35. The number of nitrogens with one attached hydrogen (secondary N) is 1. The third-order valence-corrected chi connectivity index (χ3v) is 2.31. The van der Waals surface area contributed by atoms with Gasteiger partial charge in [-0.1, -0.05) is 11.6 Å². The van der Waals surface area contributed by atoms with Gasteiger partial charge in [0.1, 0.15) is 11.6 Å². The highest BCUT2D eigenvalue weighted by Crippen LogP contribution is 2.19. The Morgan fingerprint density at radius 2 is 2.18 bits per heavy atom. The zero-order valence-electron chi connectivity index (χ0n) is 10.5. The predicted octanol–water partition coefficient (Wildman–Crippen LogP) is 0.860. The van der Waals surface area contributed by atoms with E-state index in [4.69, 9.17) is 15.3 Å². The second-order valence-corrected chi connectivity index (χ2v) is 3.57. The largest absolute Gasteiger partial charge is 0.496 e. The van der Waals surface area contributed by atoms with Gasteiger partial charge in [0, 0.05) is 7.11 Å². The molecule has 94 valence electrons. The summed E-state index contributed by atoms with van der Waals surface area (Å²) >= 11 is 0. The number of ether oxygens (including phenoxy) is 2. The SMILES string of the molecule is COCCN=C(NN)c1cc(C)ccc1OC. The second-order valence-electron chi connectivity index (χ2n) is 3.57. The van der Waals surface area contributed by atoms with Gasteiger partial charge in [-0.2, -0.15) is 0 Å². The molecule has 0 saturated heterocycles. The number of aryl methyl sites for hydroxylation is 1. The molecule has 0 spiro atoms. The van der Waals surface area contributed by atoms with E-state index in [9.17, 15) is 0 Å². The van der Waals surface area contributed by atoms with Gasteiger partial charge in [0.05, 0.1) is 25.8 Å². The highest BCUT2D eigenvalue weighted by molar-refractivity contribution is 6.01. The number of benzene rings is 1. The molecule has 17 heavy (non-hydrogen) atoms. The van der Waals surface area contributed by atoms with Crippen LogP contribution in [0.25, 0.3) is 0 Å². The molecule has 0 amide bonds. The Labute approximate surface area is 102 Å². The van der Waals surface area contributed by atoms with E-state index in [1.165, 1.54) is 0 Å². The lowest BCUT2D eigenvalue weighted by Gasteiger charge is -2.11. The molecular weight excluding hydrogens is 218 g/mol. The van der Waals surface area contributed by atoms with Crippen molar-refractivity contribution in [3.63, 3.8) is 0 Å². The molecular formula is C12H19N3O2. The van der Waals surface area contributed by atoms with Crippen molar-refractivity contribution >= 4 is 5.84 Å². The fraction of sp³-hybridized carbons (Fsp3) is 0.417. The van der Waals surface area contributed by atoms with Crippen LogP contribution >= 0.6 is 0 Å². The van der Waals surface area contributed by atoms with Crippen LogP contribution in [0.15, 0.2) is 23.2 Å². The molecule has 0 saturated carbocycles. The number of nitrogens with zero attached hydrogens (tertiary/aromatic N) is 1. The van der Waals surface area contributed by atoms with Crippen molar-refractivity contribution in [2.24, 2.45) is 10.8 Å². The Morgan fingerprint density at radius 1 is 1.41 bits per heavy atom. The summed E-state index contributed by atoms with van der Waals surface area (Å²) in [5, 5.41) is 0. The molecule has 5 nitrogen and oxygen atoms in total. The van der Waals surface area contributed by atoms with Gasteiger partial charge in [-0.3, -0.25) is 4.99 Å². The van der Waals surface area contributed by atoms with Gasteiger partial charge in [-0.25, -0.2) is 5.84 Å². The van der Waals surface area contributed by atoms with E-state index < -0.39 is 0 Å². The van der Waals surface area contributed by atoms with Crippen molar-refractivity contribution < 1.29 is 9.47 Å². The van der Waals surface area contributed by atoms with Crippen molar-refractivity contribution in [2.45, 2.75) is 6.92 Å². The number of hydrazine groups is 1. The summed E-state index contributed by atoms with van der Waals surface area (Å²) in [7, 11) is 3.26. The van der Waals surface area contributed by atoms with Crippen molar-refractivity contribution in [2.75, 3.05) is 27.4 Å². The van der Waals surface area contributed by atoms with Crippen LogP contribution < -0.4 is 16.0 Å². The summed E-state index contributed by atoms with van der Waals surface area (Å²) in [6.45, 7) is 3.11. The quantitative estimate of drug-likeness (QED) is 0.262. The number of aliphatic imine (C=N–C) groups is 1. The predicted molar refractivity (Wildman–Crippen MR) is 68.3 cm³/mol. The van der Waals surface area contributed by atoms with Gasteiger partial charge < -0.3 is 14.9 Å². The van der Waals surface area contributed by atoms with E-state index in [1.807, 2.05) is 25.1 Å². The maximum atomic E-state index is 5.48. The molecule has 0 aliphatic heterocycles. The van der Waals surface area contributed by atoms with E-state index >= 15 is 0 Å². The molecule has 0 aliphatic carbocycles. The topological polar surface area (TPSA) is 68.9 Å². The Kier molecular flexibility index (Phi) is 5.45. The number of hydrogen-bond donors (Lipinski definition) is 2. The molecule has 3 N–H and O–H groups in total. The van der Waals surface area contributed by atoms with E-state index in [0.29, 0.717) is 19.0 Å². The normalized spacial score (nSPS) is 11.4. The lowest BCUT2D eigenvalue weighted by atomic mass is 10.1. The van der Waals surface area contributed by atoms with Crippen LogP contribution in [0.5, 0.6) is 5.75 Å². The van der Waals surface area contributed by atoms with Crippen LogP contribution in [0, 0.1) is 6.92 Å². The Balaban J connectivity index is 3.01. The van der Waals surface area contributed by atoms with Crippen LogP contribution in [0.1, 0.15) is 11.1 Å². The molecule has 1 rings (SSSR count). The van der Waals surface area contributed by atoms with Crippen LogP contribution in [0.4, 0.5) is 0 Å². The second kappa shape index (κ2) is 6.88. The van der Waals surface area contributed by atoms with Gasteiger partial charge in [-0.15, -0.1) is 0 Å². The Hall–Kier alpha value is -1.59. The molecule has 1 aromatic rings. The molecule has 1 aromatic carbocycles. The minimum atomic E-state index is 0.549. The molecule has 0 fully saturated rings. The molecule has 0 heterocycles.